The normalized spacial score (nSPS) is 29.8. The number of aliphatic hydroxyl groups excluding tert-OH is 11. The predicted molar refractivity (Wildman–Crippen MR) is 314 cm³/mol. The summed E-state index contributed by atoms with van der Waals surface area (Å²) in [5.74, 6) is -0.290. The highest BCUT2D eigenvalue weighted by atomic mass is 16.8. The van der Waals surface area contributed by atoms with Gasteiger partial charge in [0.1, 0.15) is 73.2 Å². The van der Waals surface area contributed by atoms with Crippen molar-refractivity contribution < 1.29 is 89.4 Å². The number of hydrogen-bond acceptors (Lipinski definition) is 18. The van der Waals surface area contributed by atoms with Gasteiger partial charge in [0.25, 0.3) is 0 Å². The maximum atomic E-state index is 13.3. The standard InChI is InChI=1S/C63H115NO18/c1-3-5-7-9-11-13-14-15-16-17-18-19-20-21-22-23-24-25-26-27-28-29-30-31-33-35-37-39-41-51(69)64-46(47(68)40-38-36-34-32-12-10-8-6-4-2)45-77-61-57(75)54(72)59(49(43-66)79-61)82-63-58(76)55(73)60(50(44-67)80-63)81-62-56(74)53(71)52(70)48(42-65)78-62/h4,6,12,32,38,40,46-50,52-63,65-68,70-76H,3,5,7-11,13-31,33-37,39,41-45H2,1-2H3,(H,64,69)/b6-4+,32-12+,40-38+. The van der Waals surface area contributed by atoms with Crippen LogP contribution in [0.4, 0.5) is 0 Å². The first-order valence-corrected chi connectivity index (χ1v) is 32.2. The molecule has 0 aliphatic carbocycles. The van der Waals surface area contributed by atoms with E-state index in [1.807, 2.05) is 19.1 Å². The van der Waals surface area contributed by atoms with Gasteiger partial charge in [-0.3, -0.25) is 4.79 Å². The summed E-state index contributed by atoms with van der Waals surface area (Å²) < 4.78 is 34.2. The number of allylic oxidation sites excluding steroid dienone is 5. The van der Waals surface area contributed by atoms with Crippen molar-refractivity contribution in [3.63, 3.8) is 0 Å². The van der Waals surface area contributed by atoms with Crippen molar-refractivity contribution in [3.05, 3.63) is 36.5 Å². The Morgan fingerprint density at radius 3 is 1.22 bits per heavy atom. The predicted octanol–water partition coefficient (Wildman–Crippen LogP) is 6.88. The molecule has 3 fully saturated rings. The molecule has 0 spiro atoms. The Kier molecular flexibility index (Phi) is 41.8. The summed E-state index contributed by atoms with van der Waals surface area (Å²) in [5.41, 5.74) is 0. The molecule has 0 bridgehead atoms. The molecule has 3 saturated heterocycles. The number of aliphatic hydroxyl groups is 11. The van der Waals surface area contributed by atoms with Crippen LogP contribution in [0.25, 0.3) is 0 Å². The Morgan fingerprint density at radius 2 is 0.805 bits per heavy atom. The molecule has 0 radical (unpaired) electrons. The molecule has 1 amide bonds. The number of carbonyl (C=O) groups is 1. The van der Waals surface area contributed by atoms with Gasteiger partial charge in [0, 0.05) is 6.42 Å². The van der Waals surface area contributed by atoms with E-state index in [0.29, 0.717) is 12.8 Å². The molecule has 3 aliphatic heterocycles. The van der Waals surface area contributed by atoms with E-state index in [1.165, 1.54) is 154 Å². The van der Waals surface area contributed by atoms with E-state index < -0.39 is 124 Å². The number of nitrogens with one attached hydrogen (secondary N) is 1. The Morgan fingerprint density at radius 1 is 0.451 bits per heavy atom. The smallest absolute Gasteiger partial charge is 0.220 e. The van der Waals surface area contributed by atoms with Crippen LogP contribution >= 0.6 is 0 Å². The highest BCUT2D eigenvalue weighted by Crippen LogP contribution is 2.33. The summed E-state index contributed by atoms with van der Waals surface area (Å²) in [6.07, 6.45) is 24.8. The average molecular weight is 1170 g/mol. The Balaban J connectivity index is 1.37. The van der Waals surface area contributed by atoms with Crippen LogP contribution in [0.1, 0.15) is 226 Å². The SMILES string of the molecule is C/C=C/CC/C=C/CC/C=C/C(O)C(COC1OC(CO)C(OC2OC(CO)C(OC3OC(CO)C(O)C(O)C3O)C(O)C2O)C(O)C1O)NC(=O)CCCCCCCCCCCCCCCCCCCCCCCCCCCCCC. The summed E-state index contributed by atoms with van der Waals surface area (Å²) in [6.45, 7) is 1.46. The van der Waals surface area contributed by atoms with Crippen molar-refractivity contribution in [2.45, 2.75) is 330 Å². The third-order valence-electron chi connectivity index (χ3n) is 16.3. The largest absolute Gasteiger partial charge is 0.394 e. The fourth-order valence-electron chi connectivity index (χ4n) is 11.0. The summed E-state index contributed by atoms with van der Waals surface area (Å²) in [4.78, 5) is 13.3. The molecule has 480 valence electrons. The van der Waals surface area contributed by atoms with E-state index in [-0.39, 0.29) is 18.9 Å². The summed E-state index contributed by atoms with van der Waals surface area (Å²) >= 11 is 0. The van der Waals surface area contributed by atoms with Crippen LogP contribution < -0.4 is 5.32 Å². The van der Waals surface area contributed by atoms with Crippen LogP contribution in [0, 0.1) is 0 Å². The second-order valence-electron chi connectivity index (χ2n) is 23.2. The van der Waals surface area contributed by atoms with E-state index in [0.717, 1.165) is 38.5 Å². The van der Waals surface area contributed by atoms with Crippen LogP contribution in [0.15, 0.2) is 36.5 Å². The van der Waals surface area contributed by atoms with Gasteiger partial charge in [-0.25, -0.2) is 0 Å². The topological polar surface area (TPSA) is 307 Å². The Labute approximate surface area is 491 Å². The lowest BCUT2D eigenvalue weighted by Gasteiger charge is -2.48. The monoisotopic (exact) mass is 1170 g/mol. The quantitative estimate of drug-likeness (QED) is 0.0218. The van der Waals surface area contributed by atoms with Crippen LogP contribution in [0.3, 0.4) is 0 Å². The minimum atomic E-state index is -1.98. The summed E-state index contributed by atoms with van der Waals surface area (Å²) in [7, 11) is 0. The number of rotatable bonds is 48. The minimum Gasteiger partial charge on any atom is -0.394 e. The average Bonchev–Trinajstić information content (AvgIpc) is 3.58. The van der Waals surface area contributed by atoms with E-state index in [1.54, 1.807) is 6.08 Å². The number of hydrogen-bond donors (Lipinski definition) is 12. The molecule has 0 aromatic carbocycles. The molecule has 82 heavy (non-hydrogen) atoms. The van der Waals surface area contributed by atoms with Crippen LogP contribution in [-0.4, -0.2) is 193 Å². The molecule has 0 saturated carbocycles. The van der Waals surface area contributed by atoms with Gasteiger partial charge in [-0.2, -0.15) is 0 Å². The minimum absolute atomic E-state index is 0.235. The number of unbranched alkanes of at least 4 members (excludes halogenated alkanes) is 29. The molecule has 17 atom stereocenters. The van der Waals surface area contributed by atoms with Crippen molar-refractivity contribution in [3.8, 4) is 0 Å². The molecule has 3 rings (SSSR count). The molecule has 0 aromatic rings. The zero-order chi connectivity index (χ0) is 59.7. The molecule has 0 aromatic heterocycles. The number of carbonyl (C=O) groups excluding carboxylic acids is 1. The van der Waals surface area contributed by atoms with E-state index in [4.69, 9.17) is 28.4 Å². The summed E-state index contributed by atoms with van der Waals surface area (Å²) in [5, 5.41) is 120. The zero-order valence-electron chi connectivity index (χ0n) is 50.2. The van der Waals surface area contributed by atoms with Crippen molar-refractivity contribution in [2.75, 3.05) is 26.4 Å². The van der Waals surface area contributed by atoms with Crippen LogP contribution in [0.5, 0.6) is 0 Å². The molecule has 17 unspecified atom stereocenters. The van der Waals surface area contributed by atoms with Gasteiger partial charge >= 0.3 is 0 Å². The van der Waals surface area contributed by atoms with Crippen LogP contribution in [0.2, 0.25) is 0 Å². The molecular formula is C63H115NO18. The van der Waals surface area contributed by atoms with Crippen molar-refractivity contribution >= 4 is 5.91 Å². The van der Waals surface area contributed by atoms with E-state index in [2.05, 4.69) is 30.5 Å². The van der Waals surface area contributed by atoms with Gasteiger partial charge in [-0.1, -0.05) is 217 Å². The van der Waals surface area contributed by atoms with Crippen LogP contribution in [-0.2, 0) is 33.2 Å². The maximum absolute atomic E-state index is 13.3. The molecule has 19 heteroatoms. The second-order valence-corrected chi connectivity index (χ2v) is 23.2. The second kappa shape index (κ2) is 46.2. The molecule has 3 aliphatic rings. The highest BCUT2D eigenvalue weighted by Gasteiger charge is 2.53. The van der Waals surface area contributed by atoms with Crippen molar-refractivity contribution in [2.24, 2.45) is 0 Å². The Bertz CT molecular complexity index is 1640. The first-order chi connectivity index (χ1) is 39.8. The third-order valence-corrected chi connectivity index (χ3v) is 16.3. The lowest BCUT2D eigenvalue weighted by atomic mass is 9.96. The number of amides is 1. The van der Waals surface area contributed by atoms with Crippen molar-refractivity contribution in [1.82, 2.24) is 5.32 Å². The van der Waals surface area contributed by atoms with Gasteiger partial charge < -0.3 is 89.9 Å². The third kappa shape index (κ3) is 29.1. The molecular weight excluding hydrogens is 1060 g/mol. The lowest BCUT2D eigenvalue weighted by molar-refractivity contribution is -0.379. The van der Waals surface area contributed by atoms with Gasteiger partial charge in [-0.15, -0.1) is 0 Å². The Hall–Kier alpha value is -1.99. The summed E-state index contributed by atoms with van der Waals surface area (Å²) in [6, 6.07) is -0.991. The molecule has 19 nitrogen and oxygen atoms in total. The van der Waals surface area contributed by atoms with Gasteiger partial charge in [0.05, 0.1) is 38.6 Å². The van der Waals surface area contributed by atoms with E-state index >= 15 is 0 Å². The van der Waals surface area contributed by atoms with E-state index in [9.17, 15) is 61.0 Å². The fraction of sp³-hybridized carbons (Fsp3) is 0.889. The first-order valence-electron chi connectivity index (χ1n) is 32.2. The van der Waals surface area contributed by atoms with Crippen molar-refractivity contribution in [1.29, 1.82) is 0 Å². The number of ether oxygens (including phenoxy) is 6. The van der Waals surface area contributed by atoms with Gasteiger partial charge in [-0.05, 0) is 39.0 Å². The van der Waals surface area contributed by atoms with Gasteiger partial charge in [0.2, 0.25) is 5.91 Å². The zero-order valence-corrected chi connectivity index (χ0v) is 50.2. The lowest BCUT2D eigenvalue weighted by Crippen LogP contribution is -2.66. The van der Waals surface area contributed by atoms with Gasteiger partial charge in [0.15, 0.2) is 18.9 Å². The first kappa shape index (κ1) is 74.3. The maximum Gasteiger partial charge on any atom is 0.220 e. The molecule has 12 N–H and O–H groups in total. The fourth-order valence-corrected chi connectivity index (χ4v) is 11.0. The highest BCUT2D eigenvalue weighted by molar-refractivity contribution is 5.76. The molecule has 3 heterocycles.